The van der Waals surface area contributed by atoms with Gasteiger partial charge < -0.3 is 0 Å². The van der Waals surface area contributed by atoms with Gasteiger partial charge in [-0.3, -0.25) is 4.98 Å². The van der Waals surface area contributed by atoms with E-state index >= 15 is 0 Å². The first-order valence-corrected chi connectivity index (χ1v) is 4.43. The molecule has 0 aliphatic rings. The Labute approximate surface area is 81.3 Å². The van der Waals surface area contributed by atoms with Crippen molar-refractivity contribution in [1.29, 1.82) is 0 Å². The Bertz CT molecular complexity index is 398. The molecule has 2 aromatic heterocycles. The molecule has 2 heterocycles. The van der Waals surface area contributed by atoms with Gasteiger partial charge in [0, 0.05) is 0 Å². The lowest BCUT2D eigenvalue weighted by molar-refractivity contribution is -0.352. The first-order chi connectivity index (χ1) is 5.29. The number of halogens is 2. The zero-order valence-electron chi connectivity index (χ0n) is 5.36. The van der Waals surface area contributed by atoms with Crippen LogP contribution >= 0.6 is 34.2 Å². The van der Waals surface area contributed by atoms with Crippen molar-refractivity contribution >= 4 is 45.2 Å². The predicted molar refractivity (Wildman–Crippen MR) is 50.4 cm³/mol. The van der Waals surface area contributed by atoms with Crippen LogP contribution < -0.4 is 4.98 Å². The van der Waals surface area contributed by atoms with Crippen LogP contribution in [-0.4, -0.2) is 9.97 Å². The van der Waals surface area contributed by atoms with Crippen LogP contribution in [0.2, 0.25) is 5.15 Å². The van der Waals surface area contributed by atoms with Gasteiger partial charge in [-0.1, -0.05) is 4.98 Å². The summed E-state index contributed by atoms with van der Waals surface area (Å²) in [6.07, 6.45) is 3.45. The van der Waals surface area contributed by atoms with Crippen molar-refractivity contribution < 1.29 is 4.98 Å². The minimum absolute atomic E-state index is 0.532. The average Bonchev–Trinajstić information content (AvgIpc) is 2.34. The summed E-state index contributed by atoms with van der Waals surface area (Å²) in [6.45, 7) is 0. The van der Waals surface area contributed by atoms with Crippen molar-refractivity contribution in [3.63, 3.8) is 0 Å². The SMILES string of the molecule is Clc1nc[nH+]c2[nH]cc(I)c12. The van der Waals surface area contributed by atoms with Gasteiger partial charge in [0.1, 0.15) is 5.39 Å². The van der Waals surface area contributed by atoms with Crippen LogP contribution in [0.3, 0.4) is 0 Å². The van der Waals surface area contributed by atoms with E-state index in [0.29, 0.717) is 5.15 Å². The molecule has 0 amide bonds. The molecule has 0 bridgehead atoms. The van der Waals surface area contributed by atoms with E-state index in [-0.39, 0.29) is 0 Å². The summed E-state index contributed by atoms with van der Waals surface area (Å²) < 4.78 is 1.08. The molecule has 0 spiro atoms. The highest BCUT2D eigenvalue weighted by Crippen LogP contribution is 2.22. The summed E-state index contributed by atoms with van der Waals surface area (Å²) >= 11 is 8.05. The van der Waals surface area contributed by atoms with E-state index in [1.54, 1.807) is 6.33 Å². The second-order valence-corrected chi connectivity index (χ2v) is 3.60. The Morgan fingerprint density at radius 1 is 1.64 bits per heavy atom. The highest BCUT2D eigenvalue weighted by atomic mass is 127. The van der Waals surface area contributed by atoms with E-state index in [2.05, 4.69) is 37.5 Å². The number of aromatic amines is 2. The molecule has 0 aliphatic carbocycles. The molecular weight excluding hydrogens is 276 g/mol. The minimum atomic E-state index is 0.532. The maximum absolute atomic E-state index is 5.85. The predicted octanol–water partition coefficient (Wildman–Crippen LogP) is 1.64. The van der Waals surface area contributed by atoms with E-state index < -0.39 is 0 Å². The molecule has 5 heteroatoms. The topological polar surface area (TPSA) is 42.8 Å². The van der Waals surface area contributed by atoms with Crippen molar-refractivity contribution in [1.82, 2.24) is 9.97 Å². The molecule has 0 aromatic carbocycles. The fraction of sp³-hybridized carbons (Fsp3) is 0. The van der Waals surface area contributed by atoms with Gasteiger partial charge in [-0.25, -0.2) is 4.98 Å². The Morgan fingerprint density at radius 3 is 3.18 bits per heavy atom. The van der Waals surface area contributed by atoms with E-state index in [0.717, 1.165) is 14.6 Å². The lowest BCUT2D eigenvalue weighted by atomic mass is 10.4. The van der Waals surface area contributed by atoms with Crippen molar-refractivity contribution in [2.24, 2.45) is 0 Å². The minimum Gasteiger partial charge on any atom is -0.278 e. The van der Waals surface area contributed by atoms with Crippen molar-refractivity contribution in [2.75, 3.05) is 0 Å². The zero-order valence-corrected chi connectivity index (χ0v) is 8.27. The Kier molecular flexibility index (Phi) is 1.72. The number of hydrogen-bond acceptors (Lipinski definition) is 1. The molecule has 11 heavy (non-hydrogen) atoms. The fourth-order valence-corrected chi connectivity index (χ4v) is 2.02. The number of rotatable bonds is 0. The average molecular weight is 280 g/mol. The van der Waals surface area contributed by atoms with E-state index in [9.17, 15) is 0 Å². The first-order valence-electron chi connectivity index (χ1n) is 2.98. The largest absolute Gasteiger partial charge is 0.278 e. The molecule has 2 N–H and O–H groups in total. The number of nitrogens with zero attached hydrogens (tertiary/aromatic N) is 1. The third kappa shape index (κ3) is 1.10. The van der Waals surface area contributed by atoms with Gasteiger partial charge in [0.15, 0.2) is 0 Å². The highest BCUT2D eigenvalue weighted by Gasteiger charge is 2.11. The van der Waals surface area contributed by atoms with Crippen LogP contribution in [0.25, 0.3) is 11.0 Å². The zero-order chi connectivity index (χ0) is 7.84. The van der Waals surface area contributed by atoms with Crippen LogP contribution in [0.15, 0.2) is 12.5 Å². The van der Waals surface area contributed by atoms with Gasteiger partial charge in [0.25, 0.3) is 0 Å². The quantitative estimate of drug-likeness (QED) is 0.578. The summed E-state index contributed by atoms with van der Waals surface area (Å²) in [6, 6.07) is 0. The molecule has 0 fully saturated rings. The monoisotopic (exact) mass is 280 g/mol. The third-order valence-electron chi connectivity index (χ3n) is 1.43. The lowest BCUT2D eigenvalue weighted by Gasteiger charge is -1.84. The molecule has 0 atom stereocenters. The molecule has 3 nitrogen and oxygen atoms in total. The van der Waals surface area contributed by atoms with Gasteiger partial charge >= 0.3 is 0 Å². The molecular formula is C6H4ClIN3+. The second-order valence-electron chi connectivity index (χ2n) is 2.08. The van der Waals surface area contributed by atoms with Crippen molar-refractivity contribution in [3.8, 4) is 0 Å². The Balaban J connectivity index is 2.96. The van der Waals surface area contributed by atoms with Crippen molar-refractivity contribution in [2.45, 2.75) is 0 Å². The lowest BCUT2D eigenvalue weighted by Crippen LogP contribution is -2.03. The van der Waals surface area contributed by atoms with Crippen LogP contribution in [0.4, 0.5) is 0 Å². The van der Waals surface area contributed by atoms with E-state index in [1.165, 1.54) is 0 Å². The number of aromatic nitrogens is 3. The smallest absolute Gasteiger partial charge is 0.236 e. The van der Waals surface area contributed by atoms with E-state index in [1.807, 2.05) is 6.20 Å². The molecule has 0 unspecified atom stereocenters. The fourth-order valence-electron chi connectivity index (χ4n) is 0.933. The molecule has 2 aromatic rings. The van der Waals surface area contributed by atoms with Gasteiger partial charge in [-0.15, -0.1) is 0 Å². The summed E-state index contributed by atoms with van der Waals surface area (Å²) in [7, 11) is 0. The van der Waals surface area contributed by atoms with Crippen LogP contribution in [-0.2, 0) is 0 Å². The summed E-state index contributed by atoms with van der Waals surface area (Å²) in [4.78, 5) is 9.92. The molecule has 2 rings (SSSR count). The maximum atomic E-state index is 5.85. The standard InChI is InChI=1S/C6H3ClIN3/c7-5-4-3(8)1-9-6(4)11-2-10-5/h1-2H,(H,9,10,11)/p+1. The number of H-pyrrole nitrogens is 2. The van der Waals surface area contributed by atoms with Crippen molar-refractivity contribution in [3.05, 3.63) is 21.2 Å². The molecule has 0 saturated heterocycles. The van der Waals surface area contributed by atoms with Gasteiger partial charge in [-0.05, 0) is 34.2 Å². The van der Waals surface area contributed by atoms with Gasteiger partial charge in [0.05, 0.1) is 9.77 Å². The molecule has 0 saturated carbocycles. The highest BCUT2D eigenvalue weighted by molar-refractivity contribution is 14.1. The van der Waals surface area contributed by atoms with E-state index in [4.69, 9.17) is 11.6 Å². The van der Waals surface area contributed by atoms with Crippen LogP contribution in [0.5, 0.6) is 0 Å². The summed E-state index contributed by atoms with van der Waals surface area (Å²) in [5, 5.41) is 1.49. The number of nitrogens with one attached hydrogen (secondary N) is 2. The number of fused-ring (bicyclic) bond motifs is 1. The van der Waals surface area contributed by atoms with Crippen LogP contribution in [0, 0.1) is 3.57 Å². The Hall–Kier alpha value is -0.360. The summed E-state index contributed by atoms with van der Waals surface area (Å²) in [5.74, 6) is 0. The number of hydrogen-bond donors (Lipinski definition) is 1. The van der Waals surface area contributed by atoms with Gasteiger partial charge in [0.2, 0.25) is 17.1 Å². The Morgan fingerprint density at radius 2 is 2.45 bits per heavy atom. The molecule has 0 radical (unpaired) electrons. The summed E-state index contributed by atoms with van der Waals surface area (Å²) in [5.41, 5.74) is 0.911. The molecule has 56 valence electrons. The first kappa shape index (κ1) is 7.30. The maximum Gasteiger partial charge on any atom is 0.236 e. The van der Waals surface area contributed by atoms with Gasteiger partial charge in [-0.2, -0.15) is 0 Å². The van der Waals surface area contributed by atoms with Crippen LogP contribution in [0.1, 0.15) is 0 Å². The second kappa shape index (κ2) is 2.60. The molecule has 0 aliphatic heterocycles. The normalized spacial score (nSPS) is 10.7. The third-order valence-corrected chi connectivity index (χ3v) is 2.56.